The van der Waals surface area contributed by atoms with Gasteiger partial charge in [-0.3, -0.25) is 4.57 Å². The molecular weight excluding hydrogens is 399 g/mol. The summed E-state index contributed by atoms with van der Waals surface area (Å²) in [4.78, 5) is 12.0. The molecule has 0 aliphatic carbocycles. The summed E-state index contributed by atoms with van der Waals surface area (Å²) in [5.41, 5.74) is 0.901. The zero-order valence-corrected chi connectivity index (χ0v) is 17.6. The average Bonchev–Trinajstić information content (AvgIpc) is 2.84. The molecule has 0 aromatic carbocycles. The van der Waals surface area contributed by atoms with Crippen LogP contribution in [0.15, 0.2) is 4.42 Å². The number of rotatable bonds is 8. The van der Waals surface area contributed by atoms with Gasteiger partial charge in [-0.1, -0.05) is 36.7 Å². The van der Waals surface area contributed by atoms with Crippen LogP contribution in [0.2, 0.25) is 0 Å². The Hall–Kier alpha value is -0.620. The van der Waals surface area contributed by atoms with E-state index in [1.54, 1.807) is 13.8 Å². The van der Waals surface area contributed by atoms with Crippen molar-refractivity contribution in [2.24, 2.45) is 0 Å². The molecule has 6 nitrogen and oxygen atoms in total. The van der Waals surface area contributed by atoms with Gasteiger partial charge in [0.25, 0.3) is 0 Å². The maximum absolute atomic E-state index is 13.0. The lowest BCUT2D eigenvalue weighted by molar-refractivity contribution is 0.0560. The van der Waals surface area contributed by atoms with Gasteiger partial charge in [-0.05, 0) is 13.8 Å². The Morgan fingerprint density at radius 3 is 2.08 bits per heavy atom. The van der Waals surface area contributed by atoms with E-state index in [-0.39, 0.29) is 30.6 Å². The molecule has 0 radical (unpaired) electrons. The molecule has 1 aromatic heterocycles. The van der Waals surface area contributed by atoms with Crippen LogP contribution < -0.4 is 0 Å². The Bertz CT molecular complexity index is 607. The lowest BCUT2D eigenvalue weighted by Gasteiger charge is -2.21. The van der Waals surface area contributed by atoms with Crippen molar-refractivity contribution in [3.63, 3.8) is 0 Å². The van der Waals surface area contributed by atoms with E-state index in [0.29, 0.717) is 22.2 Å². The van der Waals surface area contributed by atoms with Crippen LogP contribution >= 0.6 is 23.5 Å². The van der Waals surface area contributed by atoms with Gasteiger partial charge in [-0.25, -0.2) is 4.79 Å². The van der Waals surface area contributed by atoms with Crippen molar-refractivity contribution in [1.82, 2.24) is 0 Å². The minimum Gasteiger partial charge on any atom is -0.463 e. The van der Waals surface area contributed by atoms with Crippen molar-refractivity contribution in [3.8, 4) is 0 Å². The molecule has 0 fully saturated rings. The lowest BCUT2D eigenvalue weighted by Crippen LogP contribution is -2.13. The number of hydrogen-bond acceptors (Lipinski definition) is 6. The highest BCUT2D eigenvalue weighted by Gasteiger charge is 2.36. The predicted octanol–water partition coefficient (Wildman–Crippen LogP) is 5.02. The third kappa shape index (κ3) is 4.94. The quantitative estimate of drug-likeness (QED) is 0.331. The standard InChI is InChI=1S/C16H26BrO6P/c1-7-21-24(19,22-8-2)10-12-11(9-17)13(15(18)20-6)23-14(12)16(3,4)5/h7-10H2,1-6H3. The lowest BCUT2D eigenvalue weighted by atomic mass is 9.90. The van der Waals surface area contributed by atoms with Crippen molar-refractivity contribution in [2.75, 3.05) is 20.3 Å². The monoisotopic (exact) mass is 424 g/mol. The fourth-order valence-corrected chi connectivity index (χ4v) is 4.75. The van der Waals surface area contributed by atoms with Gasteiger partial charge in [0.2, 0.25) is 5.76 Å². The predicted molar refractivity (Wildman–Crippen MR) is 95.9 cm³/mol. The third-order valence-electron chi connectivity index (χ3n) is 3.31. The molecule has 0 unspecified atom stereocenters. The molecular formula is C16H26BrO6P. The van der Waals surface area contributed by atoms with Crippen molar-refractivity contribution < 1.29 is 27.6 Å². The molecule has 8 heteroatoms. The summed E-state index contributed by atoms with van der Waals surface area (Å²) < 4.78 is 34.4. The first-order chi connectivity index (χ1) is 11.1. The highest BCUT2D eigenvalue weighted by atomic mass is 79.9. The Morgan fingerprint density at radius 1 is 1.17 bits per heavy atom. The first-order valence-corrected chi connectivity index (χ1v) is 10.7. The van der Waals surface area contributed by atoms with Gasteiger partial charge in [0.1, 0.15) is 5.76 Å². The van der Waals surface area contributed by atoms with Crippen LogP contribution in [0.1, 0.15) is 62.1 Å². The van der Waals surface area contributed by atoms with Gasteiger partial charge < -0.3 is 18.2 Å². The number of alkyl halides is 1. The largest absolute Gasteiger partial charge is 0.463 e. The summed E-state index contributed by atoms with van der Waals surface area (Å²) in [7, 11) is -2.04. The van der Waals surface area contributed by atoms with Crippen LogP contribution in [0.25, 0.3) is 0 Å². The van der Waals surface area contributed by atoms with Gasteiger partial charge in [0.15, 0.2) is 0 Å². The van der Waals surface area contributed by atoms with E-state index in [0.717, 1.165) is 0 Å². The summed E-state index contributed by atoms with van der Waals surface area (Å²) >= 11 is 3.38. The van der Waals surface area contributed by atoms with E-state index >= 15 is 0 Å². The highest BCUT2D eigenvalue weighted by molar-refractivity contribution is 9.08. The topological polar surface area (TPSA) is 75.0 Å². The molecule has 0 aliphatic rings. The minimum atomic E-state index is -3.34. The maximum atomic E-state index is 13.0. The molecule has 0 N–H and O–H groups in total. The molecule has 0 spiro atoms. The van der Waals surface area contributed by atoms with Crippen LogP contribution in [0.5, 0.6) is 0 Å². The van der Waals surface area contributed by atoms with Crippen molar-refractivity contribution >= 4 is 29.5 Å². The maximum Gasteiger partial charge on any atom is 0.374 e. The van der Waals surface area contributed by atoms with E-state index in [2.05, 4.69) is 15.9 Å². The number of carbonyl (C=O) groups excluding carboxylic acids is 1. The molecule has 0 aliphatic heterocycles. The summed E-state index contributed by atoms with van der Waals surface area (Å²) in [6.45, 7) is 9.94. The average molecular weight is 425 g/mol. The Labute approximate surface area is 151 Å². The van der Waals surface area contributed by atoms with Crippen LogP contribution in [0.3, 0.4) is 0 Å². The fourth-order valence-electron chi connectivity index (χ4n) is 2.39. The molecule has 0 bridgehead atoms. The molecule has 1 rings (SSSR count). The Balaban J connectivity index is 3.50. The minimum absolute atomic E-state index is 0.0444. The molecule has 1 aromatic rings. The number of carbonyl (C=O) groups is 1. The number of furan rings is 1. The summed E-state index contributed by atoms with van der Waals surface area (Å²) in [5.74, 6) is 0.134. The van der Waals surface area contributed by atoms with Gasteiger partial charge in [-0.2, -0.15) is 0 Å². The molecule has 1 heterocycles. The van der Waals surface area contributed by atoms with Crippen LogP contribution in [-0.4, -0.2) is 26.3 Å². The van der Waals surface area contributed by atoms with Crippen LogP contribution in [-0.2, 0) is 35.3 Å². The van der Waals surface area contributed by atoms with Crippen molar-refractivity contribution in [3.05, 3.63) is 22.6 Å². The van der Waals surface area contributed by atoms with Gasteiger partial charge >= 0.3 is 13.6 Å². The third-order valence-corrected chi connectivity index (χ3v) is 5.87. The van der Waals surface area contributed by atoms with E-state index in [1.807, 2.05) is 20.8 Å². The zero-order chi connectivity index (χ0) is 18.5. The van der Waals surface area contributed by atoms with Crippen LogP contribution in [0.4, 0.5) is 0 Å². The number of halogens is 1. The van der Waals surface area contributed by atoms with E-state index in [4.69, 9.17) is 18.2 Å². The van der Waals surface area contributed by atoms with Crippen LogP contribution in [0, 0.1) is 0 Å². The van der Waals surface area contributed by atoms with E-state index in [1.165, 1.54) is 7.11 Å². The second-order valence-electron chi connectivity index (χ2n) is 6.20. The van der Waals surface area contributed by atoms with Gasteiger partial charge in [0.05, 0.1) is 26.5 Å². The van der Waals surface area contributed by atoms with Crippen molar-refractivity contribution in [2.45, 2.75) is 51.5 Å². The second-order valence-corrected chi connectivity index (χ2v) is 8.81. The summed E-state index contributed by atoms with van der Waals surface area (Å²) in [5, 5.41) is 0.366. The first kappa shape index (κ1) is 21.4. The summed E-state index contributed by atoms with van der Waals surface area (Å²) in [6, 6.07) is 0. The van der Waals surface area contributed by atoms with Crippen molar-refractivity contribution in [1.29, 1.82) is 0 Å². The molecule has 0 amide bonds. The Kier molecular flexibility index (Phi) is 7.73. The highest BCUT2D eigenvalue weighted by Crippen LogP contribution is 2.53. The Morgan fingerprint density at radius 2 is 1.71 bits per heavy atom. The van der Waals surface area contributed by atoms with E-state index < -0.39 is 13.6 Å². The number of ether oxygens (including phenoxy) is 1. The fraction of sp³-hybridized carbons (Fsp3) is 0.688. The smallest absolute Gasteiger partial charge is 0.374 e. The van der Waals surface area contributed by atoms with E-state index in [9.17, 15) is 9.36 Å². The van der Waals surface area contributed by atoms with Gasteiger partial charge in [0, 0.05) is 21.9 Å². The number of esters is 1. The molecule has 0 saturated heterocycles. The summed E-state index contributed by atoms with van der Waals surface area (Å²) in [6.07, 6.45) is 0.0444. The first-order valence-electron chi connectivity index (χ1n) is 7.80. The number of hydrogen-bond donors (Lipinski definition) is 0. The SMILES string of the molecule is CCOP(=O)(Cc1c(C(C)(C)C)oc(C(=O)OC)c1CBr)OCC. The molecule has 0 atom stereocenters. The normalized spacial score (nSPS) is 12.5. The molecule has 138 valence electrons. The molecule has 24 heavy (non-hydrogen) atoms. The number of methoxy groups -OCH3 is 1. The zero-order valence-electron chi connectivity index (χ0n) is 15.1. The van der Waals surface area contributed by atoms with Gasteiger partial charge in [-0.15, -0.1) is 0 Å². The molecule has 0 saturated carbocycles. The second kappa shape index (κ2) is 8.65.